The Labute approximate surface area is 189 Å². The van der Waals surface area contributed by atoms with Crippen LogP contribution in [0.5, 0.6) is 0 Å². The predicted molar refractivity (Wildman–Crippen MR) is 121 cm³/mol. The van der Waals surface area contributed by atoms with E-state index in [4.69, 9.17) is 0 Å². The van der Waals surface area contributed by atoms with Gasteiger partial charge in [-0.25, -0.2) is 13.8 Å². The van der Waals surface area contributed by atoms with Crippen LogP contribution in [0.2, 0.25) is 0 Å². The SMILES string of the molecule is CC(=O)N(c1nc2ccccc2n(CC(=O)Nc2cc(F)cc(F)c2)c1=O)C1CCCCC1. The van der Waals surface area contributed by atoms with Crippen LogP contribution in [0.15, 0.2) is 47.3 Å². The van der Waals surface area contributed by atoms with E-state index in [0.717, 1.165) is 44.2 Å². The molecule has 9 heteroatoms. The van der Waals surface area contributed by atoms with E-state index >= 15 is 0 Å². The number of benzene rings is 2. The highest BCUT2D eigenvalue weighted by Gasteiger charge is 2.29. The molecule has 0 bridgehead atoms. The fourth-order valence-electron chi connectivity index (χ4n) is 4.38. The van der Waals surface area contributed by atoms with Crippen molar-refractivity contribution in [1.29, 1.82) is 0 Å². The molecule has 4 rings (SSSR count). The number of halogens is 2. The van der Waals surface area contributed by atoms with E-state index in [0.29, 0.717) is 17.1 Å². The smallest absolute Gasteiger partial charge is 0.294 e. The second-order valence-corrected chi connectivity index (χ2v) is 8.20. The normalized spacial score (nSPS) is 14.3. The molecule has 1 aliphatic rings. The van der Waals surface area contributed by atoms with Gasteiger partial charge in [-0.15, -0.1) is 0 Å². The van der Waals surface area contributed by atoms with E-state index in [2.05, 4.69) is 10.3 Å². The molecular weight excluding hydrogens is 430 g/mol. The van der Waals surface area contributed by atoms with Crippen LogP contribution < -0.4 is 15.8 Å². The van der Waals surface area contributed by atoms with Crippen LogP contribution in [0, 0.1) is 11.6 Å². The van der Waals surface area contributed by atoms with E-state index in [1.807, 2.05) is 0 Å². The molecule has 1 N–H and O–H groups in total. The van der Waals surface area contributed by atoms with E-state index < -0.39 is 29.6 Å². The maximum absolute atomic E-state index is 13.5. The minimum atomic E-state index is -0.830. The molecule has 2 aromatic carbocycles. The standard InChI is InChI=1S/C24H24F2N4O3/c1-15(31)30(19-7-3-2-4-8-19)23-24(33)29(21-10-6-5-9-20(21)28-23)14-22(32)27-18-12-16(25)11-17(26)13-18/h5-6,9-13,19H,2-4,7-8,14H2,1H3,(H,27,32). The first kappa shape index (κ1) is 22.6. The molecule has 0 atom stereocenters. The lowest BCUT2D eigenvalue weighted by molar-refractivity contribution is -0.117. The summed E-state index contributed by atoms with van der Waals surface area (Å²) >= 11 is 0. The number of aromatic nitrogens is 2. The number of nitrogens with zero attached hydrogens (tertiary/aromatic N) is 3. The second-order valence-electron chi connectivity index (χ2n) is 8.20. The Kier molecular flexibility index (Phi) is 6.48. The largest absolute Gasteiger partial charge is 0.324 e. The van der Waals surface area contributed by atoms with Crippen molar-refractivity contribution >= 4 is 34.4 Å². The van der Waals surface area contributed by atoms with Crippen molar-refractivity contribution in [3.63, 3.8) is 0 Å². The molecule has 2 amide bonds. The molecule has 1 saturated carbocycles. The number of fused-ring (bicyclic) bond motifs is 1. The van der Waals surface area contributed by atoms with Crippen molar-refractivity contribution in [3.05, 3.63) is 64.5 Å². The molecular formula is C24H24F2N4O3. The Morgan fingerprint density at radius 3 is 2.42 bits per heavy atom. The predicted octanol–water partition coefficient (Wildman–Crippen LogP) is 4.00. The summed E-state index contributed by atoms with van der Waals surface area (Å²) in [6.07, 6.45) is 4.56. The summed E-state index contributed by atoms with van der Waals surface area (Å²) < 4.78 is 28.2. The zero-order valence-corrected chi connectivity index (χ0v) is 18.2. The molecule has 0 radical (unpaired) electrons. The van der Waals surface area contributed by atoms with Crippen molar-refractivity contribution in [3.8, 4) is 0 Å². The van der Waals surface area contributed by atoms with Crippen LogP contribution in [0.1, 0.15) is 39.0 Å². The summed E-state index contributed by atoms with van der Waals surface area (Å²) in [5.74, 6) is -2.60. The third-order valence-electron chi connectivity index (χ3n) is 5.79. The van der Waals surface area contributed by atoms with Gasteiger partial charge in [-0.3, -0.25) is 23.9 Å². The maximum atomic E-state index is 13.5. The highest BCUT2D eigenvalue weighted by Crippen LogP contribution is 2.26. The molecule has 0 saturated heterocycles. The van der Waals surface area contributed by atoms with Gasteiger partial charge < -0.3 is 5.32 Å². The second kappa shape index (κ2) is 9.48. The molecule has 1 aliphatic carbocycles. The Hall–Kier alpha value is -3.62. The average molecular weight is 454 g/mol. The summed E-state index contributed by atoms with van der Waals surface area (Å²) in [5, 5.41) is 2.42. The van der Waals surface area contributed by atoms with Gasteiger partial charge in [0.2, 0.25) is 17.6 Å². The van der Waals surface area contributed by atoms with Crippen LogP contribution in [0.4, 0.5) is 20.3 Å². The molecule has 0 aliphatic heterocycles. The number of carbonyl (C=O) groups is 2. The van der Waals surface area contributed by atoms with Gasteiger partial charge in [0.05, 0.1) is 11.0 Å². The first-order valence-corrected chi connectivity index (χ1v) is 10.9. The van der Waals surface area contributed by atoms with Crippen molar-refractivity contribution < 1.29 is 18.4 Å². The minimum absolute atomic E-state index is 0.0160. The minimum Gasteiger partial charge on any atom is -0.324 e. The first-order valence-electron chi connectivity index (χ1n) is 10.9. The fourth-order valence-corrected chi connectivity index (χ4v) is 4.38. The van der Waals surface area contributed by atoms with Gasteiger partial charge in [-0.2, -0.15) is 0 Å². The Morgan fingerprint density at radius 2 is 1.76 bits per heavy atom. The van der Waals surface area contributed by atoms with Gasteiger partial charge in [0, 0.05) is 24.7 Å². The molecule has 0 unspecified atom stereocenters. The van der Waals surface area contributed by atoms with Crippen molar-refractivity contribution in [2.75, 3.05) is 10.2 Å². The number of rotatable bonds is 5. The summed E-state index contributed by atoms with van der Waals surface area (Å²) in [4.78, 5) is 44.7. The van der Waals surface area contributed by atoms with Gasteiger partial charge in [0.25, 0.3) is 5.56 Å². The first-order chi connectivity index (χ1) is 15.8. The van der Waals surface area contributed by atoms with Gasteiger partial charge >= 0.3 is 0 Å². The quantitative estimate of drug-likeness (QED) is 0.632. The molecule has 1 fully saturated rings. The van der Waals surface area contributed by atoms with Crippen LogP contribution in [-0.4, -0.2) is 27.4 Å². The summed E-state index contributed by atoms with van der Waals surface area (Å²) in [5.41, 5.74) is 0.240. The Morgan fingerprint density at radius 1 is 1.09 bits per heavy atom. The highest BCUT2D eigenvalue weighted by atomic mass is 19.1. The zero-order chi connectivity index (χ0) is 23.5. The molecule has 172 valence electrons. The molecule has 33 heavy (non-hydrogen) atoms. The number of anilines is 2. The number of carbonyl (C=O) groups excluding carboxylic acids is 2. The fraction of sp³-hybridized carbons (Fsp3) is 0.333. The number of amides is 2. The van der Waals surface area contributed by atoms with E-state index in [1.54, 1.807) is 24.3 Å². The summed E-state index contributed by atoms with van der Waals surface area (Å²) in [6, 6.07) is 9.36. The van der Waals surface area contributed by atoms with Crippen LogP contribution in [0.25, 0.3) is 11.0 Å². The van der Waals surface area contributed by atoms with E-state index in [-0.39, 0.29) is 23.5 Å². The number of nitrogens with one attached hydrogen (secondary N) is 1. The van der Waals surface area contributed by atoms with Crippen LogP contribution >= 0.6 is 0 Å². The molecule has 0 spiro atoms. The number of hydrogen-bond donors (Lipinski definition) is 1. The molecule has 1 aromatic heterocycles. The lowest BCUT2D eigenvalue weighted by atomic mass is 9.94. The third kappa shape index (κ3) is 4.92. The van der Waals surface area contributed by atoms with Crippen LogP contribution in [0.3, 0.4) is 0 Å². The van der Waals surface area contributed by atoms with E-state index in [9.17, 15) is 23.2 Å². The van der Waals surface area contributed by atoms with Gasteiger partial charge in [-0.05, 0) is 37.1 Å². The number of hydrogen-bond acceptors (Lipinski definition) is 4. The van der Waals surface area contributed by atoms with Crippen LogP contribution in [-0.2, 0) is 16.1 Å². The van der Waals surface area contributed by atoms with E-state index in [1.165, 1.54) is 16.4 Å². The summed E-state index contributed by atoms with van der Waals surface area (Å²) in [7, 11) is 0. The lowest BCUT2D eigenvalue weighted by Gasteiger charge is -2.32. The molecule has 3 aromatic rings. The average Bonchev–Trinajstić information content (AvgIpc) is 2.76. The van der Waals surface area contributed by atoms with Gasteiger partial charge in [-0.1, -0.05) is 31.4 Å². The van der Waals surface area contributed by atoms with Gasteiger partial charge in [0.15, 0.2) is 0 Å². The Balaban J connectivity index is 1.74. The molecule has 1 heterocycles. The van der Waals surface area contributed by atoms with Crippen molar-refractivity contribution in [2.24, 2.45) is 0 Å². The topological polar surface area (TPSA) is 84.3 Å². The zero-order valence-electron chi connectivity index (χ0n) is 18.2. The Bertz CT molecular complexity index is 1250. The number of para-hydroxylation sites is 2. The molecule has 7 nitrogen and oxygen atoms in total. The monoisotopic (exact) mass is 454 g/mol. The lowest BCUT2D eigenvalue weighted by Crippen LogP contribution is -2.45. The van der Waals surface area contributed by atoms with Crippen molar-refractivity contribution in [2.45, 2.75) is 51.6 Å². The maximum Gasteiger partial charge on any atom is 0.294 e. The van der Waals surface area contributed by atoms with Gasteiger partial charge in [0.1, 0.15) is 18.2 Å². The summed E-state index contributed by atoms with van der Waals surface area (Å²) in [6.45, 7) is 0.990. The van der Waals surface area contributed by atoms with Crippen molar-refractivity contribution in [1.82, 2.24) is 9.55 Å². The highest BCUT2D eigenvalue weighted by molar-refractivity contribution is 5.93. The third-order valence-corrected chi connectivity index (χ3v) is 5.79.